The van der Waals surface area contributed by atoms with Crippen molar-refractivity contribution in [3.63, 3.8) is 0 Å². The maximum absolute atomic E-state index is 12.4. The Hall–Kier alpha value is -1.93. The minimum Gasteiger partial charge on any atom is -0.355 e. The molecule has 27 heavy (non-hydrogen) atoms. The molecule has 4 N–H and O–H groups in total. The molecular formula is C19H25ClN4O2S+2. The van der Waals surface area contributed by atoms with Gasteiger partial charge in [-0.3, -0.25) is 9.59 Å². The monoisotopic (exact) mass is 408 g/mol. The third-order valence-electron chi connectivity index (χ3n) is 4.76. The SMILES string of the molecule is CNC(=O)c1cccc(NC(=O)C[NH+]2CC[NH+](Cc3ccc(Cl)s3)CC2)c1. The maximum Gasteiger partial charge on any atom is 0.279 e. The molecule has 144 valence electrons. The topological polar surface area (TPSA) is 67.1 Å². The van der Waals surface area contributed by atoms with Crippen molar-refractivity contribution < 1.29 is 19.4 Å². The normalized spacial score (nSPS) is 19.5. The highest BCUT2D eigenvalue weighted by molar-refractivity contribution is 7.16. The van der Waals surface area contributed by atoms with Gasteiger partial charge in [0.05, 0.1) is 9.21 Å². The third kappa shape index (κ3) is 5.77. The fraction of sp³-hybridized carbons (Fsp3) is 0.368. The van der Waals surface area contributed by atoms with Crippen molar-refractivity contribution in [3.8, 4) is 0 Å². The van der Waals surface area contributed by atoms with Gasteiger partial charge in [0.1, 0.15) is 32.7 Å². The highest BCUT2D eigenvalue weighted by Gasteiger charge is 2.25. The van der Waals surface area contributed by atoms with E-state index in [1.165, 1.54) is 14.7 Å². The summed E-state index contributed by atoms with van der Waals surface area (Å²) in [6.45, 7) is 5.49. The molecule has 0 aliphatic carbocycles. The van der Waals surface area contributed by atoms with Crippen LogP contribution in [0.4, 0.5) is 5.69 Å². The maximum atomic E-state index is 12.4. The highest BCUT2D eigenvalue weighted by atomic mass is 35.5. The Kier molecular flexibility index (Phi) is 6.84. The van der Waals surface area contributed by atoms with Crippen molar-refractivity contribution in [2.45, 2.75) is 6.54 Å². The first-order valence-corrected chi connectivity index (χ1v) is 10.3. The molecule has 1 aliphatic rings. The minimum absolute atomic E-state index is 0.0208. The van der Waals surface area contributed by atoms with Gasteiger partial charge >= 0.3 is 0 Å². The zero-order valence-corrected chi connectivity index (χ0v) is 16.9. The number of quaternary nitrogens is 2. The van der Waals surface area contributed by atoms with Crippen molar-refractivity contribution in [3.05, 3.63) is 51.2 Å². The molecule has 8 heteroatoms. The van der Waals surface area contributed by atoms with E-state index in [1.807, 2.05) is 6.07 Å². The summed E-state index contributed by atoms with van der Waals surface area (Å²) in [4.78, 5) is 28.2. The number of carbonyl (C=O) groups excluding carboxylic acids is 2. The average molecular weight is 409 g/mol. The van der Waals surface area contributed by atoms with Crippen molar-refractivity contribution in [2.24, 2.45) is 0 Å². The van der Waals surface area contributed by atoms with Crippen LogP contribution in [0.5, 0.6) is 0 Å². The number of hydrogen-bond donors (Lipinski definition) is 4. The van der Waals surface area contributed by atoms with Crippen molar-refractivity contribution in [1.82, 2.24) is 5.32 Å². The Bertz CT molecular complexity index is 803. The Balaban J connectivity index is 1.45. The van der Waals surface area contributed by atoms with Crippen molar-refractivity contribution >= 4 is 40.4 Å². The molecule has 1 aromatic carbocycles. The van der Waals surface area contributed by atoms with Crippen LogP contribution in [0.25, 0.3) is 0 Å². The summed E-state index contributed by atoms with van der Waals surface area (Å²) in [6.07, 6.45) is 0. The van der Waals surface area contributed by atoms with E-state index in [9.17, 15) is 9.59 Å². The molecule has 2 aromatic rings. The quantitative estimate of drug-likeness (QED) is 0.529. The first-order valence-electron chi connectivity index (χ1n) is 9.07. The van der Waals surface area contributed by atoms with Gasteiger partial charge in [-0.2, -0.15) is 0 Å². The van der Waals surface area contributed by atoms with Gasteiger partial charge in [0, 0.05) is 18.3 Å². The van der Waals surface area contributed by atoms with E-state index >= 15 is 0 Å². The lowest BCUT2D eigenvalue weighted by molar-refractivity contribution is -1.01. The predicted molar refractivity (Wildman–Crippen MR) is 108 cm³/mol. The van der Waals surface area contributed by atoms with E-state index in [1.54, 1.807) is 42.6 Å². The number of piperazine rings is 1. The van der Waals surface area contributed by atoms with Gasteiger partial charge in [-0.1, -0.05) is 17.7 Å². The number of nitrogens with one attached hydrogen (secondary N) is 4. The minimum atomic E-state index is -0.164. The molecule has 1 fully saturated rings. The number of benzene rings is 1. The van der Waals surface area contributed by atoms with Crippen LogP contribution in [0.15, 0.2) is 36.4 Å². The van der Waals surface area contributed by atoms with Crippen LogP contribution in [0, 0.1) is 0 Å². The van der Waals surface area contributed by atoms with E-state index in [-0.39, 0.29) is 11.8 Å². The molecular weight excluding hydrogens is 384 g/mol. The fourth-order valence-corrected chi connectivity index (χ4v) is 4.48. The fourth-order valence-electron chi connectivity index (χ4n) is 3.32. The number of thiophene rings is 1. The van der Waals surface area contributed by atoms with Gasteiger partial charge in [0.25, 0.3) is 11.8 Å². The van der Waals surface area contributed by atoms with Crippen molar-refractivity contribution in [1.29, 1.82) is 0 Å². The molecule has 0 radical (unpaired) electrons. The smallest absolute Gasteiger partial charge is 0.279 e. The molecule has 3 rings (SSSR count). The number of rotatable bonds is 6. The van der Waals surface area contributed by atoms with Crippen LogP contribution < -0.4 is 20.4 Å². The lowest BCUT2D eigenvalue weighted by atomic mass is 10.2. The van der Waals surface area contributed by atoms with Gasteiger partial charge in [-0.15, -0.1) is 11.3 Å². The summed E-state index contributed by atoms with van der Waals surface area (Å²) < 4.78 is 0.839. The number of carbonyl (C=O) groups is 2. The Morgan fingerprint density at radius 3 is 2.52 bits per heavy atom. The first-order chi connectivity index (χ1) is 13.0. The predicted octanol–water partition coefficient (Wildman–Crippen LogP) is -0.317. The summed E-state index contributed by atoms with van der Waals surface area (Å²) in [6, 6.07) is 11.0. The van der Waals surface area contributed by atoms with E-state index in [2.05, 4.69) is 16.7 Å². The first kappa shape index (κ1) is 19.8. The van der Waals surface area contributed by atoms with Crippen LogP contribution in [0.1, 0.15) is 15.2 Å². The van der Waals surface area contributed by atoms with Crippen molar-refractivity contribution in [2.75, 3.05) is 45.1 Å². The molecule has 2 heterocycles. The molecule has 6 nitrogen and oxygen atoms in total. The summed E-state index contributed by atoms with van der Waals surface area (Å²) in [5.41, 5.74) is 1.19. The number of anilines is 1. The molecule has 1 aromatic heterocycles. The van der Waals surface area contributed by atoms with Gasteiger partial charge in [0.2, 0.25) is 0 Å². The standard InChI is InChI=1S/C19H23ClN4O2S/c1-21-19(26)14-3-2-4-15(11-14)22-18(25)13-24-9-7-23(8-10-24)12-16-5-6-17(20)27-16/h2-6,11H,7-10,12-13H2,1H3,(H,21,26)(H,22,25)/p+2. The zero-order valence-electron chi connectivity index (χ0n) is 15.3. The van der Waals surface area contributed by atoms with Crippen LogP contribution in [-0.4, -0.2) is 51.6 Å². The number of halogens is 1. The molecule has 0 saturated carbocycles. The van der Waals surface area contributed by atoms with E-state index in [0.29, 0.717) is 17.8 Å². The molecule has 0 spiro atoms. The van der Waals surface area contributed by atoms with Gasteiger partial charge < -0.3 is 20.4 Å². The van der Waals surface area contributed by atoms with E-state index in [4.69, 9.17) is 11.6 Å². The number of hydrogen-bond acceptors (Lipinski definition) is 3. The second-order valence-electron chi connectivity index (χ2n) is 6.77. The van der Waals surface area contributed by atoms with Crippen LogP contribution in [0.2, 0.25) is 4.34 Å². The average Bonchev–Trinajstić information content (AvgIpc) is 3.07. The summed E-state index contributed by atoms with van der Waals surface area (Å²) in [7, 11) is 1.59. The van der Waals surface area contributed by atoms with Gasteiger partial charge in [-0.25, -0.2) is 0 Å². The second-order valence-corrected chi connectivity index (χ2v) is 8.57. The van der Waals surface area contributed by atoms with Gasteiger partial charge in [0.15, 0.2) is 6.54 Å². The lowest BCUT2D eigenvalue weighted by Gasteiger charge is -2.29. The van der Waals surface area contributed by atoms with Crippen LogP contribution >= 0.6 is 22.9 Å². The molecule has 0 bridgehead atoms. The number of amides is 2. The highest BCUT2D eigenvalue weighted by Crippen LogP contribution is 2.20. The Morgan fingerprint density at radius 1 is 1.11 bits per heavy atom. The Morgan fingerprint density at radius 2 is 1.85 bits per heavy atom. The molecule has 2 amide bonds. The second kappa shape index (κ2) is 9.32. The summed E-state index contributed by atoms with van der Waals surface area (Å²) in [5.74, 6) is -0.185. The van der Waals surface area contributed by atoms with Gasteiger partial charge in [-0.05, 0) is 30.3 Å². The van der Waals surface area contributed by atoms with Crippen LogP contribution in [0.3, 0.4) is 0 Å². The lowest BCUT2D eigenvalue weighted by Crippen LogP contribution is -3.28. The third-order valence-corrected chi connectivity index (χ3v) is 5.99. The summed E-state index contributed by atoms with van der Waals surface area (Å²) >= 11 is 7.64. The molecule has 0 unspecified atom stereocenters. The van der Waals surface area contributed by atoms with E-state index < -0.39 is 0 Å². The zero-order chi connectivity index (χ0) is 19.2. The largest absolute Gasteiger partial charge is 0.355 e. The van der Waals surface area contributed by atoms with E-state index in [0.717, 1.165) is 37.1 Å². The molecule has 0 atom stereocenters. The van der Waals surface area contributed by atoms with Crippen LogP contribution in [-0.2, 0) is 11.3 Å². The molecule has 1 saturated heterocycles. The Labute approximate surface area is 168 Å². The molecule has 1 aliphatic heterocycles. The summed E-state index contributed by atoms with van der Waals surface area (Å²) in [5, 5.41) is 5.49.